The third kappa shape index (κ3) is 2.02. The van der Waals surface area contributed by atoms with Gasteiger partial charge in [0.15, 0.2) is 9.84 Å². The van der Waals surface area contributed by atoms with Gasteiger partial charge in [0.05, 0.1) is 23.8 Å². The van der Waals surface area contributed by atoms with Crippen molar-refractivity contribution in [3.63, 3.8) is 0 Å². The topological polar surface area (TPSA) is 59.0 Å². The number of rotatable bonds is 0. The van der Waals surface area contributed by atoms with Gasteiger partial charge in [-0.2, -0.15) is 0 Å². The Balaban J connectivity index is 2.01. The molecule has 0 atom stereocenters. The molecule has 0 aliphatic carbocycles. The number of aliphatic imine (C=N–C) groups is 1. The van der Waals surface area contributed by atoms with Crippen LogP contribution in [0.15, 0.2) is 34.2 Å². The molecule has 5 nitrogen and oxygen atoms in total. The summed E-state index contributed by atoms with van der Waals surface area (Å²) in [6.07, 6.45) is 0. The predicted molar refractivity (Wildman–Crippen MR) is 68.0 cm³/mol. The van der Waals surface area contributed by atoms with Gasteiger partial charge >= 0.3 is 0 Å². The second-order valence-electron chi connectivity index (χ2n) is 4.35. The second-order valence-corrected chi connectivity index (χ2v) is 6.31. The predicted octanol–water partition coefficient (Wildman–Crippen LogP) is 0.836. The van der Waals surface area contributed by atoms with Gasteiger partial charge in [-0.25, -0.2) is 13.4 Å². The van der Waals surface area contributed by atoms with Crippen LogP contribution in [-0.4, -0.2) is 51.2 Å². The molecule has 0 amide bonds. The monoisotopic (exact) mass is 266 g/mol. The molecule has 0 radical (unpaired) electrons. The Kier molecular flexibility index (Phi) is 2.83. The molecule has 0 N–H and O–H groups in total. The smallest absolute Gasteiger partial charge is 0.187 e. The summed E-state index contributed by atoms with van der Waals surface area (Å²) in [4.78, 5) is 6.80. The molecule has 3 rings (SSSR count). The Morgan fingerprint density at radius 1 is 1.17 bits per heavy atom. The zero-order valence-electron chi connectivity index (χ0n) is 9.87. The summed E-state index contributed by atoms with van der Waals surface area (Å²) in [5, 5.41) is 0. The Morgan fingerprint density at radius 2 is 1.89 bits per heavy atom. The van der Waals surface area contributed by atoms with E-state index in [-0.39, 0.29) is 5.75 Å². The van der Waals surface area contributed by atoms with Crippen LogP contribution < -0.4 is 0 Å². The summed E-state index contributed by atoms with van der Waals surface area (Å²) >= 11 is 0. The highest BCUT2D eigenvalue weighted by molar-refractivity contribution is 7.92. The number of sulfone groups is 1. The van der Waals surface area contributed by atoms with Crippen LogP contribution in [0.3, 0.4) is 0 Å². The van der Waals surface area contributed by atoms with Gasteiger partial charge in [0.1, 0.15) is 11.6 Å². The van der Waals surface area contributed by atoms with Crippen molar-refractivity contribution in [1.82, 2.24) is 4.90 Å². The molecule has 1 saturated heterocycles. The van der Waals surface area contributed by atoms with Crippen LogP contribution in [0.25, 0.3) is 0 Å². The minimum Gasteiger partial charge on any atom is -0.378 e. The number of hydrogen-bond acceptors (Lipinski definition) is 5. The molecule has 0 aromatic heterocycles. The summed E-state index contributed by atoms with van der Waals surface area (Å²) in [5.41, 5.74) is 0.547. The molecular weight excluding hydrogens is 252 g/mol. The fourth-order valence-corrected chi connectivity index (χ4v) is 3.68. The van der Waals surface area contributed by atoms with E-state index >= 15 is 0 Å². The standard InChI is InChI=1S/C12H14N2O3S/c15-18(16)9-12(14-5-7-17-8-6-14)13-10-3-1-2-4-11(10)18/h1-4H,5-9H2. The molecule has 0 saturated carbocycles. The first-order chi connectivity index (χ1) is 8.67. The Labute approximate surface area is 106 Å². The first kappa shape index (κ1) is 11.7. The van der Waals surface area contributed by atoms with Gasteiger partial charge < -0.3 is 9.64 Å². The lowest BCUT2D eigenvalue weighted by Crippen LogP contribution is -2.44. The maximum absolute atomic E-state index is 12.2. The highest BCUT2D eigenvalue weighted by atomic mass is 32.2. The fourth-order valence-electron chi connectivity index (χ4n) is 2.22. The van der Waals surface area contributed by atoms with E-state index in [0.29, 0.717) is 42.7 Å². The van der Waals surface area contributed by atoms with E-state index in [1.807, 2.05) is 4.90 Å². The summed E-state index contributed by atoms with van der Waals surface area (Å²) in [5.74, 6) is 0.626. The zero-order valence-corrected chi connectivity index (χ0v) is 10.7. The number of morpholine rings is 1. The second kappa shape index (κ2) is 4.37. The Bertz CT molecular complexity index is 589. The van der Waals surface area contributed by atoms with Crippen molar-refractivity contribution in [1.29, 1.82) is 0 Å². The third-order valence-electron chi connectivity index (χ3n) is 3.15. The minimum absolute atomic E-state index is 0.00991. The van der Waals surface area contributed by atoms with Crippen LogP contribution in [-0.2, 0) is 14.6 Å². The van der Waals surface area contributed by atoms with Crippen molar-refractivity contribution in [3.05, 3.63) is 24.3 Å². The van der Waals surface area contributed by atoms with Crippen molar-refractivity contribution in [2.24, 2.45) is 4.99 Å². The number of amidine groups is 1. The van der Waals surface area contributed by atoms with Crippen LogP contribution >= 0.6 is 0 Å². The summed E-state index contributed by atoms with van der Waals surface area (Å²) in [6.45, 7) is 2.66. The van der Waals surface area contributed by atoms with Gasteiger partial charge in [-0.15, -0.1) is 0 Å². The van der Waals surface area contributed by atoms with Crippen LogP contribution in [0.1, 0.15) is 0 Å². The average Bonchev–Trinajstić information content (AvgIpc) is 2.39. The van der Waals surface area contributed by atoms with Gasteiger partial charge in [-0.3, -0.25) is 0 Å². The molecule has 96 valence electrons. The highest BCUT2D eigenvalue weighted by Crippen LogP contribution is 2.29. The number of nitrogens with zero attached hydrogens (tertiary/aromatic N) is 2. The Hall–Kier alpha value is -1.40. The lowest BCUT2D eigenvalue weighted by atomic mass is 10.3. The maximum Gasteiger partial charge on any atom is 0.187 e. The molecule has 0 unspecified atom stereocenters. The number of ether oxygens (including phenoxy) is 1. The van der Waals surface area contributed by atoms with Gasteiger partial charge in [0.2, 0.25) is 0 Å². The van der Waals surface area contributed by atoms with Gasteiger partial charge in [0, 0.05) is 13.1 Å². The van der Waals surface area contributed by atoms with E-state index in [4.69, 9.17) is 4.74 Å². The van der Waals surface area contributed by atoms with E-state index in [0.717, 1.165) is 0 Å². The third-order valence-corrected chi connectivity index (χ3v) is 4.80. The van der Waals surface area contributed by atoms with Crippen LogP contribution in [0, 0.1) is 0 Å². The quantitative estimate of drug-likeness (QED) is 0.698. The number of para-hydroxylation sites is 1. The summed E-state index contributed by atoms with van der Waals surface area (Å²) < 4.78 is 29.6. The first-order valence-corrected chi connectivity index (χ1v) is 7.54. The number of hydrogen-bond donors (Lipinski definition) is 0. The van der Waals surface area contributed by atoms with Crippen molar-refractivity contribution in [3.8, 4) is 0 Å². The number of fused-ring (bicyclic) bond motifs is 1. The van der Waals surface area contributed by atoms with Crippen molar-refractivity contribution in [2.45, 2.75) is 4.90 Å². The molecule has 2 aliphatic heterocycles. The molecule has 18 heavy (non-hydrogen) atoms. The normalized spacial score (nSPS) is 22.2. The fraction of sp³-hybridized carbons (Fsp3) is 0.417. The lowest BCUT2D eigenvalue weighted by Gasteiger charge is -2.31. The van der Waals surface area contributed by atoms with Crippen molar-refractivity contribution >= 4 is 21.4 Å². The molecule has 0 spiro atoms. The van der Waals surface area contributed by atoms with E-state index < -0.39 is 9.84 Å². The minimum atomic E-state index is -3.25. The van der Waals surface area contributed by atoms with E-state index in [1.54, 1.807) is 24.3 Å². The first-order valence-electron chi connectivity index (χ1n) is 5.89. The Morgan fingerprint density at radius 3 is 2.67 bits per heavy atom. The SMILES string of the molecule is O=S1(=O)CC(N2CCOCC2)=Nc2ccccc21. The van der Waals surface area contributed by atoms with Crippen LogP contribution in [0.2, 0.25) is 0 Å². The highest BCUT2D eigenvalue weighted by Gasteiger charge is 2.29. The molecule has 1 fully saturated rings. The van der Waals surface area contributed by atoms with Crippen LogP contribution in [0.5, 0.6) is 0 Å². The van der Waals surface area contributed by atoms with Gasteiger partial charge in [-0.05, 0) is 12.1 Å². The average molecular weight is 266 g/mol. The molecule has 6 heteroatoms. The molecule has 1 aromatic carbocycles. The van der Waals surface area contributed by atoms with Gasteiger partial charge in [0.25, 0.3) is 0 Å². The summed E-state index contributed by atoms with van der Waals surface area (Å²) in [7, 11) is -3.25. The summed E-state index contributed by atoms with van der Waals surface area (Å²) in [6, 6.07) is 6.89. The molecule has 0 bridgehead atoms. The van der Waals surface area contributed by atoms with E-state index in [9.17, 15) is 8.42 Å². The van der Waals surface area contributed by atoms with Crippen molar-refractivity contribution < 1.29 is 13.2 Å². The van der Waals surface area contributed by atoms with Gasteiger partial charge in [-0.1, -0.05) is 12.1 Å². The van der Waals surface area contributed by atoms with Crippen molar-refractivity contribution in [2.75, 3.05) is 32.1 Å². The molecular formula is C12H14N2O3S. The number of benzene rings is 1. The van der Waals surface area contributed by atoms with E-state index in [2.05, 4.69) is 4.99 Å². The maximum atomic E-state index is 12.2. The zero-order chi connectivity index (χ0) is 12.6. The lowest BCUT2D eigenvalue weighted by molar-refractivity contribution is 0.0679. The van der Waals surface area contributed by atoms with Crippen LogP contribution in [0.4, 0.5) is 5.69 Å². The molecule has 2 aliphatic rings. The molecule has 1 aromatic rings. The molecule has 2 heterocycles. The largest absolute Gasteiger partial charge is 0.378 e. The van der Waals surface area contributed by atoms with E-state index in [1.165, 1.54) is 0 Å².